The third kappa shape index (κ3) is 1.26. The number of hydrogen-bond donors (Lipinski definition) is 2. The Bertz CT molecular complexity index is 424. The number of nitrogens with zero attached hydrogens (tertiary/aromatic N) is 3. The fourth-order valence-electron chi connectivity index (χ4n) is 1.03. The summed E-state index contributed by atoms with van der Waals surface area (Å²) in [6, 6.07) is 0.264. The number of nitrogens with one attached hydrogen (secondary N) is 1. The summed E-state index contributed by atoms with van der Waals surface area (Å²) >= 11 is 0. The molecule has 0 radical (unpaired) electrons. The molecular weight excluding hydrogens is 170 g/mol. The molecule has 68 valence electrons. The Hall–Kier alpha value is -1.85. The van der Waals surface area contributed by atoms with E-state index in [1.165, 1.54) is 6.33 Å². The highest BCUT2D eigenvalue weighted by molar-refractivity contribution is 5.81. The van der Waals surface area contributed by atoms with Crippen molar-refractivity contribution < 1.29 is 4.74 Å². The van der Waals surface area contributed by atoms with Gasteiger partial charge < -0.3 is 15.5 Å². The first kappa shape index (κ1) is 7.78. The monoisotopic (exact) mass is 179 g/mol. The molecule has 13 heavy (non-hydrogen) atoms. The minimum Gasteiger partial charge on any atom is -0.464 e. The maximum Gasteiger partial charge on any atom is 0.320 e. The van der Waals surface area contributed by atoms with Crippen molar-refractivity contribution in [2.24, 2.45) is 0 Å². The van der Waals surface area contributed by atoms with Gasteiger partial charge in [0.1, 0.15) is 5.52 Å². The standard InChI is InChI=1S/C7H9N5O/c1-2-13-7-11-5(8)4-6(12-7)10-3-9-4/h3H,2H2,1H3,(H3,8,9,10,11,12). The first-order valence-corrected chi connectivity index (χ1v) is 3.90. The van der Waals surface area contributed by atoms with E-state index in [-0.39, 0.29) is 6.01 Å². The van der Waals surface area contributed by atoms with E-state index in [0.29, 0.717) is 23.6 Å². The van der Waals surface area contributed by atoms with E-state index in [9.17, 15) is 0 Å². The fraction of sp³-hybridized carbons (Fsp3) is 0.286. The molecule has 2 heterocycles. The lowest BCUT2D eigenvalue weighted by molar-refractivity contribution is 0.314. The normalized spacial score (nSPS) is 10.5. The van der Waals surface area contributed by atoms with Crippen molar-refractivity contribution in [2.75, 3.05) is 12.3 Å². The lowest BCUT2D eigenvalue weighted by Crippen LogP contribution is -2.01. The van der Waals surface area contributed by atoms with E-state index in [4.69, 9.17) is 10.5 Å². The molecule has 0 aliphatic heterocycles. The topological polar surface area (TPSA) is 89.7 Å². The smallest absolute Gasteiger partial charge is 0.320 e. The number of ether oxygens (including phenoxy) is 1. The van der Waals surface area contributed by atoms with Crippen molar-refractivity contribution in [3.8, 4) is 6.01 Å². The highest BCUT2D eigenvalue weighted by Crippen LogP contribution is 2.15. The molecule has 3 N–H and O–H groups in total. The van der Waals surface area contributed by atoms with Crippen LogP contribution in [0.25, 0.3) is 11.2 Å². The van der Waals surface area contributed by atoms with E-state index in [1.54, 1.807) is 0 Å². The van der Waals surface area contributed by atoms with Gasteiger partial charge in [0.15, 0.2) is 11.5 Å². The molecule has 0 saturated heterocycles. The Morgan fingerprint density at radius 2 is 2.38 bits per heavy atom. The fourth-order valence-corrected chi connectivity index (χ4v) is 1.03. The van der Waals surface area contributed by atoms with Gasteiger partial charge in [-0.1, -0.05) is 0 Å². The average molecular weight is 179 g/mol. The first-order chi connectivity index (χ1) is 6.31. The molecule has 0 unspecified atom stereocenters. The molecule has 0 saturated carbocycles. The van der Waals surface area contributed by atoms with Gasteiger partial charge >= 0.3 is 6.01 Å². The van der Waals surface area contributed by atoms with Crippen LogP contribution in [0.15, 0.2) is 6.33 Å². The first-order valence-electron chi connectivity index (χ1n) is 3.90. The van der Waals surface area contributed by atoms with E-state index in [2.05, 4.69) is 19.9 Å². The van der Waals surface area contributed by atoms with Crippen molar-refractivity contribution in [1.82, 2.24) is 19.9 Å². The molecule has 0 spiro atoms. The van der Waals surface area contributed by atoms with Crippen molar-refractivity contribution in [3.63, 3.8) is 0 Å². The SMILES string of the molecule is CCOc1nc(N)c2[nH]cnc2n1. The third-order valence-electron chi connectivity index (χ3n) is 1.57. The summed E-state index contributed by atoms with van der Waals surface area (Å²) in [5.74, 6) is 0.353. The zero-order valence-electron chi connectivity index (χ0n) is 7.11. The minimum absolute atomic E-state index is 0.264. The van der Waals surface area contributed by atoms with Gasteiger partial charge in [-0.25, -0.2) is 4.98 Å². The van der Waals surface area contributed by atoms with Gasteiger partial charge in [0, 0.05) is 0 Å². The third-order valence-corrected chi connectivity index (χ3v) is 1.57. The van der Waals surface area contributed by atoms with E-state index < -0.39 is 0 Å². The highest BCUT2D eigenvalue weighted by atomic mass is 16.5. The van der Waals surface area contributed by atoms with Gasteiger partial charge in [-0.2, -0.15) is 9.97 Å². The van der Waals surface area contributed by atoms with Crippen molar-refractivity contribution >= 4 is 17.0 Å². The van der Waals surface area contributed by atoms with Crippen LogP contribution in [0.4, 0.5) is 5.82 Å². The zero-order chi connectivity index (χ0) is 9.26. The summed E-state index contributed by atoms with van der Waals surface area (Å²) in [6.07, 6.45) is 1.52. The van der Waals surface area contributed by atoms with Crippen LogP contribution in [-0.2, 0) is 0 Å². The van der Waals surface area contributed by atoms with E-state index in [0.717, 1.165) is 0 Å². The number of anilines is 1. The Labute approximate surface area is 74.2 Å². The van der Waals surface area contributed by atoms with Crippen LogP contribution in [0.2, 0.25) is 0 Å². The number of nitrogens with two attached hydrogens (primary N) is 1. The molecule has 0 amide bonds. The molecule has 2 rings (SSSR count). The molecule has 2 aromatic heterocycles. The Kier molecular flexibility index (Phi) is 1.73. The molecule has 0 fully saturated rings. The minimum atomic E-state index is 0.264. The van der Waals surface area contributed by atoms with E-state index >= 15 is 0 Å². The Balaban J connectivity index is 2.56. The predicted octanol–water partition coefficient (Wildman–Crippen LogP) is 0.334. The van der Waals surface area contributed by atoms with Crippen LogP contribution in [-0.4, -0.2) is 26.5 Å². The molecular formula is C7H9N5O. The van der Waals surface area contributed by atoms with E-state index in [1.807, 2.05) is 6.92 Å². The summed E-state index contributed by atoms with van der Waals surface area (Å²) in [5, 5.41) is 0. The van der Waals surface area contributed by atoms with Crippen molar-refractivity contribution in [2.45, 2.75) is 6.92 Å². The molecule has 0 atom stereocenters. The maximum atomic E-state index is 5.63. The maximum absolute atomic E-state index is 5.63. The van der Waals surface area contributed by atoms with Crippen LogP contribution in [0, 0.1) is 0 Å². The van der Waals surface area contributed by atoms with Crippen LogP contribution in [0.1, 0.15) is 6.92 Å². The van der Waals surface area contributed by atoms with Gasteiger partial charge in [0.05, 0.1) is 12.9 Å². The quantitative estimate of drug-likeness (QED) is 0.693. The van der Waals surface area contributed by atoms with Gasteiger partial charge in [-0.3, -0.25) is 0 Å². The second kappa shape index (κ2) is 2.89. The summed E-state index contributed by atoms with van der Waals surface area (Å²) in [4.78, 5) is 14.8. The van der Waals surface area contributed by atoms with Gasteiger partial charge in [-0.05, 0) is 6.92 Å². The molecule has 0 bridgehead atoms. The van der Waals surface area contributed by atoms with Gasteiger partial charge in [0.25, 0.3) is 0 Å². The Morgan fingerprint density at radius 1 is 1.54 bits per heavy atom. The van der Waals surface area contributed by atoms with Crippen LogP contribution < -0.4 is 10.5 Å². The highest BCUT2D eigenvalue weighted by Gasteiger charge is 2.06. The van der Waals surface area contributed by atoms with Gasteiger partial charge in [-0.15, -0.1) is 0 Å². The van der Waals surface area contributed by atoms with Crippen LogP contribution >= 0.6 is 0 Å². The number of aromatic amines is 1. The molecule has 6 nitrogen and oxygen atoms in total. The molecule has 0 aliphatic carbocycles. The van der Waals surface area contributed by atoms with Crippen molar-refractivity contribution in [1.29, 1.82) is 0 Å². The average Bonchev–Trinajstić information content (AvgIpc) is 2.53. The summed E-state index contributed by atoms with van der Waals surface area (Å²) in [7, 11) is 0. The number of nitrogen functional groups attached to an aromatic ring is 1. The Morgan fingerprint density at radius 3 is 3.15 bits per heavy atom. The lowest BCUT2D eigenvalue weighted by Gasteiger charge is -2.00. The molecule has 2 aromatic rings. The summed E-state index contributed by atoms with van der Waals surface area (Å²) < 4.78 is 5.11. The summed E-state index contributed by atoms with van der Waals surface area (Å²) in [6.45, 7) is 2.36. The lowest BCUT2D eigenvalue weighted by atomic mass is 10.5. The number of imidazole rings is 1. The number of rotatable bonds is 2. The van der Waals surface area contributed by atoms with Crippen LogP contribution in [0.5, 0.6) is 6.01 Å². The van der Waals surface area contributed by atoms with Gasteiger partial charge in [0.2, 0.25) is 0 Å². The number of H-pyrrole nitrogens is 1. The molecule has 0 aliphatic rings. The molecule has 6 heteroatoms. The zero-order valence-corrected chi connectivity index (χ0v) is 7.11. The number of fused-ring (bicyclic) bond motifs is 1. The largest absolute Gasteiger partial charge is 0.464 e. The molecule has 0 aromatic carbocycles. The number of hydrogen-bond acceptors (Lipinski definition) is 5. The second-order valence-corrected chi connectivity index (χ2v) is 2.43. The predicted molar refractivity (Wildman–Crippen MR) is 47.3 cm³/mol. The summed E-state index contributed by atoms with van der Waals surface area (Å²) in [5.41, 5.74) is 6.80. The van der Waals surface area contributed by atoms with Crippen molar-refractivity contribution in [3.05, 3.63) is 6.33 Å². The number of aromatic nitrogens is 4. The van der Waals surface area contributed by atoms with Crippen LogP contribution in [0.3, 0.4) is 0 Å². The second-order valence-electron chi connectivity index (χ2n) is 2.43.